The van der Waals surface area contributed by atoms with Gasteiger partial charge in [0.25, 0.3) is 0 Å². The first-order valence-corrected chi connectivity index (χ1v) is 8.46. The molecule has 0 saturated carbocycles. The Labute approximate surface area is 155 Å². The van der Waals surface area contributed by atoms with Crippen LogP contribution in [0.5, 0.6) is 5.75 Å². The van der Waals surface area contributed by atoms with Crippen LogP contribution < -0.4 is 15.4 Å². The van der Waals surface area contributed by atoms with Gasteiger partial charge in [0.1, 0.15) is 11.6 Å². The number of hydrogen-bond donors (Lipinski definition) is 2. The Kier molecular flexibility index (Phi) is 7.66. The molecule has 1 heterocycles. The lowest BCUT2D eigenvalue weighted by Crippen LogP contribution is -2.28. The van der Waals surface area contributed by atoms with E-state index in [1.54, 1.807) is 24.3 Å². The zero-order valence-corrected chi connectivity index (χ0v) is 14.9. The molecule has 0 aliphatic rings. The number of alkyl halides is 2. The van der Waals surface area contributed by atoms with Gasteiger partial charge in [-0.3, -0.25) is 9.59 Å². The van der Waals surface area contributed by atoms with Gasteiger partial charge in [-0.1, -0.05) is 18.2 Å². The van der Waals surface area contributed by atoms with E-state index in [-0.39, 0.29) is 37.0 Å². The van der Waals surface area contributed by atoms with E-state index in [9.17, 15) is 18.4 Å². The number of aromatic nitrogens is 1. The number of carbonyl (C=O) groups excluding carboxylic acids is 2. The van der Waals surface area contributed by atoms with Gasteiger partial charge < -0.3 is 15.4 Å². The van der Waals surface area contributed by atoms with Gasteiger partial charge >= 0.3 is 6.61 Å². The van der Waals surface area contributed by atoms with Crippen molar-refractivity contribution in [3.63, 3.8) is 0 Å². The Morgan fingerprint density at radius 3 is 2.48 bits per heavy atom. The summed E-state index contributed by atoms with van der Waals surface area (Å²) in [6, 6.07) is 11.5. The maximum absolute atomic E-state index is 12.1. The molecule has 0 saturated heterocycles. The number of nitrogens with zero attached hydrogens (tertiary/aromatic N) is 1. The number of halogens is 2. The average Bonchev–Trinajstić information content (AvgIpc) is 2.60. The average molecular weight is 377 g/mol. The lowest BCUT2D eigenvalue weighted by Gasteiger charge is -2.08. The van der Waals surface area contributed by atoms with Crippen LogP contribution in [-0.4, -0.2) is 30.0 Å². The predicted molar refractivity (Wildman–Crippen MR) is 96.6 cm³/mol. The molecule has 0 spiro atoms. The van der Waals surface area contributed by atoms with Crippen molar-refractivity contribution in [2.75, 3.05) is 11.9 Å². The van der Waals surface area contributed by atoms with Gasteiger partial charge in [0.05, 0.1) is 0 Å². The van der Waals surface area contributed by atoms with E-state index >= 15 is 0 Å². The van der Waals surface area contributed by atoms with Gasteiger partial charge in [0.2, 0.25) is 11.8 Å². The summed E-state index contributed by atoms with van der Waals surface area (Å²) >= 11 is 0. The van der Waals surface area contributed by atoms with Crippen molar-refractivity contribution >= 4 is 17.6 Å². The highest BCUT2D eigenvalue weighted by atomic mass is 19.3. The second-order valence-electron chi connectivity index (χ2n) is 5.83. The molecule has 1 aromatic heterocycles. The second kappa shape index (κ2) is 10.2. The maximum atomic E-state index is 12.1. The molecular formula is C19H21F2N3O3. The molecule has 0 fully saturated rings. The molecule has 6 nitrogen and oxygen atoms in total. The minimum Gasteiger partial charge on any atom is -0.435 e. The van der Waals surface area contributed by atoms with Crippen molar-refractivity contribution in [1.29, 1.82) is 0 Å². The Balaban J connectivity index is 1.65. The molecule has 0 aliphatic heterocycles. The molecule has 0 aliphatic carbocycles. The standard InChI is InChI=1S/C19H21F2N3O3/c1-13-3-2-4-16(23-13)24-18(26)11-12-22-17(25)10-7-14-5-8-15(9-6-14)27-19(20)21/h2-6,8-9,19H,7,10-12H2,1H3,(H,22,25)(H,23,24,26). The minimum absolute atomic E-state index is 0.0762. The quantitative estimate of drug-likeness (QED) is 0.704. The molecule has 0 bridgehead atoms. The molecule has 2 aromatic rings. The highest BCUT2D eigenvalue weighted by Gasteiger charge is 2.07. The first kappa shape index (κ1) is 20.3. The van der Waals surface area contributed by atoms with Crippen LogP contribution in [0, 0.1) is 6.92 Å². The van der Waals surface area contributed by atoms with Crippen LogP contribution in [0.3, 0.4) is 0 Å². The van der Waals surface area contributed by atoms with Crippen LogP contribution in [0.2, 0.25) is 0 Å². The number of rotatable bonds is 9. The van der Waals surface area contributed by atoms with Crippen molar-refractivity contribution in [3.8, 4) is 5.75 Å². The summed E-state index contributed by atoms with van der Waals surface area (Å²) in [6.07, 6.45) is 0.831. The highest BCUT2D eigenvalue weighted by molar-refractivity contribution is 5.90. The molecule has 2 rings (SSSR count). The Morgan fingerprint density at radius 1 is 1.07 bits per heavy atom. The number of ether oxygens (including phenoxy) is 1. The smallest absolute Gasteiger partial charge is 0.387 e. The van der Waals surface area contributed by atoms with Gasteiger partial charge in [-0.2, -0.15) is 8.78 Å². The van der Waals surface area contributed by atoms with Crippen LogP contribution in [-0.2, 0) is 16.0 Å². The number of carbonyl (C=O) groups is 2. The third kappa shape index (κ3) is 7.81. The van der Waals surface area contributed by atoms with Crippen LogP contribution in [0.4, 0.5) is 14.6 Å². The van der Waals surface area contributed by atoms with E-state index in [1.807, 2.05) is 13.0 Å². The van der Waals surface area contributed by atoms with Gasteiger partial charge in [-0.25, -0.2) is 4.98 Å². The molecule has 144 valence electrons. The number of hydrogen-bond acceptors (Lipinski definition) is 4. The van der Waals surface area contributed by atoms with Crippen molar-refractivity contribution < 1.29 is 23.1 Å². The largest absolute Gasteiger partial charge is 0.435 e. The van der Waals surface area contributed by atoms with E-state index in [0.717, 1.165) is 11.3 Å². The van der Waals surface area contributed by atoms with Crippen LogP contribution >= 0.6 is 0 Å². The highest BCUT2D eigenvalue weighted by Crippen LogP contribution is 2.15. The Morgan fingerprint density at radius 2 is 1.81 bits per heavy atom. The van der Waals surface area contributed by atoms with Crippen molar-refractivity contribution in [2.24, 2.45) is 0 Å². The summed E-state index contributed by atoms with van der Waals surface area (Å²) < 4.78 is 28.4. The van der Waals surface area contributed by atoms with Gasteiger partial charge in [0, 0.05) is 25.1 Å². The molecule has 0 atom stereocenters. The van der Waals surface area contributed by atoms with E-state index in [2.05, 4.69) is 20.4 Å². The molecule has 0 unspecified atom stereocenters. The fourth-order valence-electron chi connectivity index (χ4n) is 2.32. The number of aryl methyl sites for hydroxylation is 2. The zero-order valence-electron chi connectivity index (χ0n) is 14.9. The summed E-state index contributed by atoms with van der Waals surface area (Å²) in [5.41, 5.74) is 1.63. The van der Waals surface area contributed by atoms with E-state index in [1.165, 1.54) is 12.1 Å². The fraction of sp³-hybridized carbons (Fsp3) is 0.316. The predicted octanol–water partition coefficient (Wildman–Crippen LogP) is 3.07. The minimum atomic E-state index is -2.86. The van der Waals surface area contributed by atoms with Gasteiger partial charge in [-0.05, 0) is 43.2 Å². The van der Waals surface area contributed by atoms with Crippen LogP contribution in [0.15, 0.2) is 42.5 Å². The fourth-order valence-corrected chi connectivity index (χ4v) is 2.32. The molecule has 2 N–H and O–H groups in total. The number of anilines is 1. The van der Waals surface area contributed by atoms with Crippen LogP contribution in [0.25, 0.3) is 0 Å². The van der Waals surface area contributed by atoms with Crippen LogP contribution in [0.1, 0.15) is 24.1 Å². The summed E-state index contributed by atoms with van der Waals surface area (Å²) in [5.74, 6) is 0.130. The lowest BCUT2D eigenvalue weighted by atomic mass is 10.1. The van der Waals surface area contributed by atoms with E-state index in [0.29, 0.717) is 12.2 Å². The molecule has 2 amide bonds. The summed E-state index contributed by atoms with van der Waals surface area (Å²) in [7, 11) is 0. The third-order valence-electron chi connectivity index (χ3n) is 3.62. The number of amides is 2. The van der Waals surface area contributed by atoms with E-state index < -0.39 is 6.61 Å². The Bertz CT molecular complexity index is 767. The van der Waals surface area contributed by atoms with E-state index in [4.69, 9.17) is 0 Å². The normalized spacial score (nSPS) is 10.5. The zero-order chi connectivity index (χ0) is 19.6. The molecule has 0 radical (unpaired) electrons. The van der Waals surface area contributed by atoms with Crippen molar-refractivity contribution in [2.45, 2.75) is 32.8 Å². The lowest BCUT2D eigenvalue weighted by molar-refractivity contribution is -0.121. The first-order chi connectivity index (χ1) is 12.9. The Hall–Kier alpha value is -3.03. The topological polar surface area (TPSA) is 80.3 Å². The summed E-state index contributed by atoms with van der Waals surface area (Å²) in [4.78, 5) is 27.8. The SMILES string of the molecule is Cc1cccc(NC(=O)CCNC(=O)CCc2ccc(OC(F)F)cc2)n1. The second-order valence-corrected chi connectivity index (χ2v) is 5.83. The number of benzene rings is 1. The molecular weight excluding hydrogens is 356 g/mol. The first-order valence-electron chi connectivity index (χ1n) is 8.46. The van der Waals surface area contributed by atoms with Crippen molar-refractivity contribution in [1.82, 2.24) is 10.3 Å². The maximum Gasteiger partial charge on any atom is 0.387 e. The monoisotopic (exact) mass is 377 g/mol. The van der Waals surface area contributed by atoms with Gasteiger partial charge in [0.15, 0.2) is 0 Å². The number of pyridine rings is 1. The number of nitrogens with one attached hydrogen (secondary N) is 2. The molecule has 8 heteroatoms. The van der Waals surface area contributed by atoms with Gasteiger partial charge in [-0.15, -0.1) is 0 Å². The molecule has 1 aromatic carbocycles. The molecule has 27 heavy (non-hydrogen) atoms. The summed E-state index contributed by atoms with van der Waals surface area (Å²) in [6.45, 7) is -0.812. The third-order valence-corrected chi connectivity index (χ3v) is 3.62. The summed E-state index contributed by atoms with van der Waals surface area (Å²) in [5, 5.41) is 5.34. The van der Waals surface area contributed by atoms with Crippen molar-refractivity contribution in [3.05, 3.63) is 53.7 Å².